The molecule has 0 saturated carbocycles. The Kier molecular flexibility index (Phi) is 2.62. The van der Waals surface area contributed by atoms with Gasteiger partial charge in [0.15, 0.2) is 0 Å². The Labute approximate surface area is 85.5 Å². The van der Waals surface area contributed by atoms with E-state index >= 15 is 0 Å². The number of aromatic nitrogens is 1. The maximum atomic E-state index is 12.5. The highest BCUT2D eigenvalue weighted by molar-refractivity contribution is 5.74. The van der Waals surface area contributed by atoms with Crippen LogP contribution in [0.5, 0.6) is 0 Å². The van der Waals surface area contributed by atoms with Crippen molar-refractivity contribution in [3.63, 3.8) is 0 Å². The number of rotatable bonds is 3. The van der Waals surface area contributed by atoms with Gasteiger partial charge in [0.2, 0.25) is 6.41 Å². The van der Waals surface area contributed by atoms with Crippen LogP contribution in [0.2, 0.25) is 0 Å². The summed E-state index contributed by atoms with van der Waals surface area (Å²) < 4.78 is 25.0. The van der Waals surface area contributed by atoms with Gasteiger partial charge in [0.25, 0.3) is 6.43 Å². The van der Waals surface area contributed by atoms with Crippen molar-refractivity contribution in [2.45, 2.75) is 25.7 Å². The minimum Gasteiger partial charge on any atom is -0.328 e. The fourth-order valence-electron chi connectivity index (χ4n) is 1.87. The van der Waals surface area contributed by atoms with Crippen molar-refractivity contribution < 1.29 is 13.6 Å². The predicted octanol–water partition coefficient (Wildman–Crippen LogP) is 2.08. The van der Waals surface area contributed by atoms with Gasteiger partial charge in [-0.2, -0.15) is 0 Å². The van der Waals surface area contributed by atoms with Crippen LogP contribution >= 0.6 is 0 Å². The number of alkyl halides is 2. The van der Waals surface area contributed by atoms with E-state index < -0.39 is 6.43 Å². The summed E-state index contributed by atoms with van der Waals surface area (Å²) in [4.78, 5) is 14.2. The highest BCUT2D eigenvalue weighted by atomic mass is 19.3. The molecule has 1 aliphatic rings. The van der Waals surface area contributed by atoms with Gasteiger partial charge in [-0.1, -0.05) is 0 Å². The van der Waals surface area contributed by atoms with Crippen LogP contribution in [-0.4, -0.2) is 11.4 Å². The third-order valence-electron chi connectivity index (χ3n) is 2.51. The Hall–Kier alpha value is -1.52. The quantitative estimate of drug-likeness (QED) is 0.779. The lowest BCUT2D eigenvalue weighted by molar-refractivity contribution is -0.105. The Bertz CT molecular complexity index is 393. The first kappa shape index (κ1) is 10.0. The number of aryl methyl sites for hydroxylation is 1. The number of pyridine rings is 1. The number of carbonyl (C=O) groups is 1. The zero-order valence-electron chi connectivity index (χ0n) is 7.96. The second kappa shape index (κ2) is 3.92. The molecule has 5 heteroatoms. The number of anilines is 1. The second-order valence-electron chi connectivity index (χ2n) is 3.44. The molecule has 15 heavy (non-hydrogen) atoms. The fourth-order valence-corrected chi connectivity index (χ4v) is 1.87. The minimum absolute atomic E-state index is 0.264. The van der Waals surface area contributed by atoms with Gasteiger partial charge in [-0.05, 0) is 30.9 Å². The summed E-state index contributed by atoms with van der Waals surface area (Å²) in [5, 5.41) is 2.45. The van der Waals surface area contributed by atoms with Gasteiger partial charge < -0.3 is 5.32 Å². The van der Waals surface area contributed by atoms with Crippen molar-refractivity contribution in [1.82, 2.24) is 4.98 Å². The van der Waals surface area contributed by atoms with Gasteiger partial charge in [0, 0.05) is 11.4 Å². The highest BCUT2D eigenvalue weighted by Gasteiger charge is 2.20. The Morgan fingerprint density at radius 2 is 2.27 bits per heavy atom. The third kappa shape index (κ3) is 1.82. The minimum atomic E-state index is -2.59. The molecular formula is C10H10F2N2O. The summed E-state index contributed by atoms with van der Waals surface area (Å²) >= 11 is 0. The van der Waals surface area contributed by atoms with Crippen LogP contribution in [0.15, 0.2) is 6.07 Å². The van der Waals surface area contributed by atoms with E-state index in [9.17, 15) is 13.6 Å². The maximum absolute atomic E-state index is 12.5. The summed E-state index contributed by atoms with van der Waals surface area (Å²) in [5.41, 5.74) is 1.80. The smallest absolute Gasteiger partial charge is 0.280 e. The van der Waals surface area contributed by atoms with E-state index in [1.807, 2.05) is 0 Å². The molecule has 1 heterocycles. The number of fused-ring (bicyclic) bond motifs is 1. The zero-order valence-corrected chi connectivity index (χ0v) is 7.96. The summed E-state index contributed by atoms with van der Waals surface area (Å²) in [6.07, 6.45) is 0.320. The van der Waals surface area contributed by atoms with Gasteiger partial charge in [0.05, 0.1) is 0 Å². The lowest BCUT2D eigenvalue weighted by Gasteiger charge is -2.09. The molecule has 0 unspecified atom stereocenters. The fraction of sp³-hybridized carbons (Fsp3) is 0.400. The number of nitrogens with zero attached hydrogens (tertiary/aromatic N) is 1. The summed E-state index contributed by atoms with van der Waals surface area (Å²) in [6, 6.07) is 1.25. The molecule has 0 fully saturated rings. The average Bonchev–Trinajstić information content (AvgIpc) is 2.65. The summed E-state index contributed by atoms with van der Waals surface area (Å²) in [7, 11) is 0. The van der Waals surface area contributed by atoms with Crippen molar-refractivity contribution in [1.29, 1.82) is 0 Å². The largest absolute Gasteiger partial charge is 0.328 e. The molecule has 0 radical (unpaired) electrons. The molecule has 0 spiro atoms. The molecule has 1 aliphatic carbocycles. The normalized spacial score (nSPS) is 14.1. The van der Waals surface area contributed by atoms with Crippen LogP contribution in [0.3, 0.4) is 0 Å². The van der Waals surface area contributed by atoms with E-state index in [4.69, 9.17) is 0 Å². The van der Waals surface area contributed by atoms with E-state index in [1.54, 1.807) is 0 Å². The number of amides is 1. The molecule has 3 nitrogen and oxygen atoms in total. The first-order valence-corrected chi connectivity index (χ1v) is 4.73. The number of nitrogens with one attached hydrogen (secondary N) is 1. The van der Waals surface area contributed by atoms with Crippen LogP contribution in [-0.2, 0) is 17.6 Å². The zero-order chi connectivity index (χ0) is 10.8. The lowest BCUT2D eigenvalue weighted by atomic mass is 10.1. The molecule has 0 aromatic carbocycles. The molecular weight excluding hydrogens is 202 g/mol. The molecule has 0 aliphatic heterocycles. The van der Waals surface area contributed by atoms with Crippen molar-refractivity contribution in [3.8, 4) is 0 Å². The second-order valence-corrected chi connectivity index (χ2v) is 3.44. The first-order chi connectivity index (χ1) is 7.22. The molecule has 0 saturated heterocycles. The molecule has 1 amide bonds. The molecule has 1 aromatic rings. The first-order valence-electron chi connectivity index (χ1n) is 4.73. The summed E-state index contributed by atoms with van der Waals surface area (Å²) in [6.45, 7) is 0. The van der Waals surface area contributed by atoms with Gasteiger partial charge in [-0.15, -0.1) is 0 Å². The molecule has 1 N–H and O–H groups in total. The Morgan fingerprint density at radius 1 is 1.47 bits per heavy atom. The van der Waals surface area contributed by atoms with Crippen molar-refractivity contribution in [2.75, 3.05) is 5.32 Å². The molecule has 2 rings (SSSR count). The van der Waals surface area contributed by atoms with Gasteiger partial charge >= 0.3 is 0 Å². The monoisotopic (exact) mass is 212 g/mol. The van der Waals surface area contributed by atoms with E-state index in [0.29, 0.717) is 24.2 Å². The van der Waals surface area contributed by atoms with Gasteiger partial charge in [-0.3, -0.25) is 9.78 Å². The van der Waals surface area contributed by atoms with Crippen LogP contribution in [0, 0.1) is 0 Å². The number of carbonyl (C=O) groups excluding carboxylic acids is 1. The van der Waals surface area contributed by atoms with Crippen molar-refractivity contribution in [2.24, 2.45) is 0 Å². The third-order valence-corrected chi connectivity index (χ3v) is 2.51. The molecule has 80 valence electrons. The predicted molar refractivity (Wildman–Crippen MR) is 50.9 cm³/mol. The van der Waals surface area contributed by atoms with Crippen LogP contribution in [0.4, 0.5) is 14.5 Å². The Balaban J connectivity index is 2.47. The van der Waals surface area contributed by atoms with Crippen molar-refractivity contribution >= 4 is 12.1 Å². The van der Waals surface area contributed by atoms with Crippen LogP contribution < -0.4 is 5.32 Å². The number of hydrogen-bond acceptors (Lipinski definition) is 2. The SMILES string of the molecule is O=CNc1cc(C(F)F)nc2c1CCC2. The van der Waals surface area contributed by atoms with E-state index in [1.165, 1.54) is 6.07 Å². The average molecular weight is 212 g/mol. The highest BCUT2D eigenvalue weighted by Crippen LogP contribution is 2.30. The molecule has 1 aromatic heterocycles. The van der Waals surface area contributed by atoms with Gasteiger partial charge in [0.1, 0.15) is 5.69 Å². The van der Waals surface area contributed by atoms with E-state index in [2.05, 4.69) is 10.3 Å². The maximum Gasteiger partial charge on any atom is 0.280 e. The van der Waals surface area contributed by atoms with Crippen LogP contribution in [0.1, 0.15) is 29.8 Å². The topological polar surface area (TPSA) is 42.0 Å². The Morgan fingerprint density at radius 3 is 2.93 bits per heavy atom. The summed E-state index contributed by atoms with van der Waals surface area (Å²) in [5.74, 6) is 0. The van der Waals surface area contributed by atoms with E-state index in [0.717, 1.165) is 18.4 Å². The van der Waals surface area contributed by atoms with Gasteiger partial charge in [-0.25, -0.2) is 8.78 Å². The molecule has 0 bridgehead atoms. The molecule has 0 atom stereocenters. The number of halogens is 2. The van der Waals surface area contributed by atoms with Crippen LogP contribution in [0.25, 0.3) is 0 Å². The standard InChI is InChI=1S/C10H10F2N2O/c11-10(12)9-4-8(13-5-15)6-2-1-3-7(6)14-9/h4-5,10H,1-3H2,(H,13,14,15). The number of hydrogen-bond donors (Lipinski definition) is 1. The van der Waals surface area contributed by atoms with E-state index in [-0.39, 0.29) is 5.69 Å². The van der Waals surface area contributed by atoms with Crippen molar-refractivity contribution in [3.05, 3.63) is 23.0 Å². The lowest BCUT2D eigenvalue weighted by Crippen LogP contribution is -2.03.